The van der Waals surface area contributed by atoms with Gasteiger partial charge in [-0.15, -0.1) is 5.06 Å². The van der Waals surface area contributed by atoms with Gasteiger partial charge in [-0.1, -0.05) is 12.1 Å². The van der Waals surface area contributed by atoms with Crippen LogP contribution in [0.15, 0.2) is 12.1 Å². The molecule has 1 aromatic carbocycles. The molecule has 1 fully saturated rings. The second-order valence-electron chi connectivity index (χ2n) is 6.71. The summed E-state index contributed by atoms with van der Waals surface area (Å²) < 4.78 is 10.8. The number of nitrogens with zero attached hydrogens (tertiary/aromatic N) is 1. The SMILES string of the molecule is COC(=O)ON1CCC([C@@H]2Cc3c(ccc(C)c3O)[C@H](CN)O2)CC1. The van der Waals surface area contributed by atoms with Crippen LogP contribution in [0.3, 0.4) is 0 Å². The normalized spacial score (nSPS) is 24.6. The number of hydroxylamine groups is 2. The van der Waals surface area contributed by atoms with Gasteiger partial charge < -0.3 is 25.2 Å². The van der Waals surface area contributed by atoms with E-state index in [0.717, 1.165) is 29.5 Å². The van der Waals surface area contributed by atoms with E-state index in [4.69, 9.17) is 15.3 Å². The van der Waals surface area contributed by atoms with E-state index >= 15 is 0 Å². The highest BCUT2D eigenvalue weighted by molar-refractivity contribution is 5.59. The number of aryl methyl sites for hydroxylation is 1. The van der Waals surface area contributed by atoms with Gasteiger partial charge in [0.25, 0.3) is 0 Å². The summed E-state index contributed by atoms with van der Waals surface area (Å²) in [6.07, 6.45) is 1.51. The Morgan fingerprint density at radius 2 is 2.12 bits per heavy atom. The Morgan fingerprint density at radius 3 is 2.76 bits per heavy atom. The summed E-state index contributed by atoms with van der Waals surface area (Å²) in [7, 11) is 1.30. The molecule has 0 saturated carbocycles. The lowest BCUT2D eigenvalue weighted by atomic mass is 9.83. The summed E-state index contributed by atoms with van der Waals surface area (Å²) in [5, 5.41) is 12.1. The molecule has 7 heteroatoms. The number of ether oxygens (including phenoxy) is 2. The first-order valence-electron chi connectivity index (χ1n) is 8.71. The van der Waals surface area contributed by atoms with Crippen molar-refractivity contribution < 1.29 is 24.2 Å². The molecule has 0 amide bonds. The van der Waals surface area contributed by atoms with Gasteiger partial charge in [-0.2, -0.15) is 0 Å². The summed E-state index contributed by atoms with van der Waals surface area (Å²) in [5.41, 5.74) is 8.73. The van der Waals surface area contributed by atoms with Crippen LogP contribution in [0.5, 0.6) is 5.75 Å². The minimum atomic E-state index is -0.690. The number of nitrogens with two attached hydrogens (primary N) is 1. The van der Waals surface area contributed by atoms with E-state index in [2.05, 4.69) is 4.74 Å². The average molecular weight is 350 g/mol. The molecule has 3 N–H and O–H groups in total. The van der Waals surface area contributed by atoms with Gasteiger partial charge in [0.05, 0.1) is 19.3 Å². The van der Waals surface area contributed by atoms with Crippen molar-refractivity contribution in [2.75, 3.05) is 26.7 Å². The van der Waals surface area contributed by atoms with Gasteiger partial charge in [0.2, 0.25) is 0 Å². The van der Waals surface area contributed by atoms with Gasteiger partial charge in [0.15, 0.2) is 0 Å². The number of phenols is 1. The van der Waals surface area contributed by atoms with E-state index in [-0.39, 0.29) is 12.2 Å². The monoisotopic (exact) mass is 350 g/mol. The smallest absolute Gasteiger partial charge is 0.507 e. The molecule has 7 nitrogen and oxygen atoms in total. The van der Waals surface area contributed by atoms with E-state index in [1.54, 1.807) is 5.06 Å². The molecule has 0 bridgehead atoms. The summed E-state index contributed by atoms with van der Waals surface area (Å²) in [5.74, 6) is 0.690. The minimum Gasteiger partial charge on any atom is -0.507 e. The fraction of sp³-hybridized carbons (Fsp3) is 0.611. The Hall–Kier alpha value is -1.83. The number of methoxy groups -OCH3 is 1. The zero-order valence-electron chi connectivity index (χ0n) is 14.7. The van der Waals surface area contributed by atoms with Crippen LogP contribution in [0.25, 0.3) is 0 Å². The number of benzene rings is 1. The molecule has 138 valence electrons. The number of rotatable bonds is 3. The lowest BCUT2D eigenvalue weighted by molar-refractivity contribution is -0.152. The van der Waals surface area contributed by atoms with E-state index in [9.17, 15) is 9.90 Å². The Balaban J connectivity index is 1.68. The van der Waals surface area contributed by atoms with E-state index in [1.807, 2.05) is 19.1 Å². The highest BCUT2D eigenvalue weighted by atomic mass is 16.8. The molecule has 2 atom stereocenters. The molecule has 2 aliphatic heterocycles. The number of carbonyl (C=O) groups is 1. The van der Waals surface area contributed by atoms with Crippen LogP contribution in [0, 0.1) is 12.8 Å². The molecule has 1 aromatic rings. The van der Waals surface area contributed by atoms with Gasteiger partial charge in [-0.05, 0) is 36.8 Å². The van der Waals surface area contributed by atoms with Crippen molar-refractivity contribution >= 4 is 6.16 Å². The Kier molecular flexibility index (Phi) is 5.46. The largest absolute Gasteiger partial charge is 0.527 e. The third kappa shape index (κ3) is 3.73. The van der Waals surface area contributed by atoms with Crippen LogP contribution in [-0.4, -0.2) is 49.2 Å². The van der Waals surface area contributed by atoms with Gasteiger partial charge >= 0.3 is 6.16 Å². The number of phenolic OH excluding ortho intramolecular Hbond substituents is 1. The van der Waals surface area contributed by atoms with Crippen molar-refractivity contribution in [3.63, 3.8) is 0 Å². The first kappa shape index (κ1) is 18.0. The standard InChI is InChI=1S/C18H26N2O5/c1-11-3-4-13-14(17(11)21)9-15(24-16(13)10-19)12-5-7-20(8-6-12)25-18(22)23-2/h3-4,12,15-16,21H,5-10,19H2,1-2H3/t15-,16-/m0/s1. The maximum atomic E-state index is 11.2. The van der Waals surface area contributed by atoms with Gasteiger partial charge in [-0.25, -0.2) is 4.79 Å². The summed E-state index contributed by atoms with van der Waals surface area (Å²) in [6.45, 7) is 3.57. The average Bonchev–Trinajstić information content (AvgIpc) is 2.64. The number of hydrogen-bond acceptors (Lipinski definition) is 7. The van der Waals surface area contributed by atoms with Crippen molar-refractivity contribution in [3.8, 4) is 5.75 Å². The summed E-state index contributed by atoms with van der Waals surface area (Å²) >= 11 is 0. The lowest BCUT2D eigenvalue weighted by Crippen LogP contribution is -2.42. The Bertz CT molecular complexity index is 628. The zero-order valence-corrected chi connectivity index (χ0v) is 14.7. The van der Waals surface area contributed by atoms with Gasteiger partial charge in [-0.3, -0.25) is 0 Å². The molecule has 0 spiro atoms. The predicted octanol–water partition coefficient (Wildman–Crippen LogP) is 2.05. The number of carbonyl (C=O) groups excluding carboxylic acids is 1. The van der Waals surface area contributed by atoms with Crippen LogP contribution in [0.1, 0.15) is 35.6 Å². The molecule has 0 unspecified atom stereocenters. The van der Waals surface area contributed by atoms with Crippen LogP contribution >= 0.6 is 0 Å². The van der Waals surface area contributed by atoms with Crippen molar-refractivity contribution in [2.45, 2.75) is 38.4 Å². The van der Waals surface area contributed by atoms with Gasteiger partial charge in [0, 0.05) is 31.6 Å². The first-order chi connectivity index (χ1) is 12.0. The Morgan fingerprint density at radius 1 is 1.40 bits per heavy atom. The lowest BCUT2D eigenvalue weighted by Gasteiger charge is -2.39. The van der Waals surface area contributed by atoms with Crippen LogP contribution in [0.4, 0.5) is 4.79 Å². The number of hydrogen-bond donors (Lipinski definition) is 2. The van der Waals surface area contributed by atoms with E-state index in [0.29, 0.717) is 37.7 Å². The second-order valence-corrected chi connectivity index (χ2v) is 6.71. The minimum absolute atomic E-state index is 0.00836. The fourth-order valence-electron chi connectivity index (χ4n) is 3.76. The summed E-state index contributed by atoms with van der Waals surface area (Å²) in [4.78, 5) is 16.3. The topological polar surface area (TPSA) is 94.2 Å². The maximum Gasteiger partial charge on any atom is 0.527 e. The molecule has 3 rings (SSSR count). The quantitative estimate of drug-likeness (QED) is 0.806. The fourth-order valence-corrected chi connectivity index (χ4v) is 3.76. The Labute approximate surface area is 147 Å². The molecule has 0 aromatic heterocycles. The molecular weight excluding hydrogens is 324 g/mol. The van der Waals surface area contributed by atoms with E-state index < -0.39 is 6.16 Å². The van der Waals surface area contributed by atoms with Crippen molar-refractivity contribution in [1.29, 1.82) is 0 Å². The predicted molar refractivity (Wildman–Crippen MR) is 91.0 cm³/mol. The molecular formula is C18H26N2O5. The third-order valence-electron chi connectivity index (χ3n) is 5.22. The molecule has 2 aliphatic rings. The number of fused-ring (bicyclic) bond motifs is 1. The van der Waals surface area contributed by atoms with Gasteiger partial charge in [0.1, 0.15) is 5.75 Å². The molecule has 2 heterocycles. The van der Waals surface area contributed by atoms with Crippen LogP contribution in [0.2, 0.25) is 0 Å². The van der Waals surface area contributed by atoms with Crippen molar-refractivity contribution in [1.82, 2.24) is 5.06 Å². The summed E-state index contributed by atoms with van der Waals surface area (Å²) in [6, 6.07) is 3.91. The van der Waals surface area contributed by atoms with Crippen molar-refractivity contribution in [3.05, 3.63) is 28.8 Å². The number of piperidine rings is 1. The molecule has 0 aliphatic carbocycles. The van der Waals surface area contributed by atoms with Crippen LogP contribution in [-0.2, 0) is 20.7 Å². The highest BCUT2D eigenvalue weighted by Gasteiger charge is 2.36. The molecule has 25 heavy (non-hydrogen) atoms. The maximum absolute atomic E-state index is 11.2. The highest BCUT2D eigenvalue weighted by Crippen LogP contribution is 2.40. The zero-order chi connectivity index (χ0) is 18.0. The number of aromatic hydroxyl groups is 1. The second kappa shape index (κ2) is 7.59. The first-order valence-corrected chi connectivity index (χ1v) is 8.71. The molecule has 0 radical (unpaired) electrons. The molecule has 1 saturated heterocycles. The third-order valence-corrected chi connectivity index (χ3v) is 5.22. The van der Waals surface area contributed by atoms with Crippen LogP contribution < -0.4 is 5.73 Å². The van der Waals surface area contributed by atoms with Crippen molar-refractivity contribution in [2.24, 2.45) is 11.7 Å². The van der Waals surface area contributed by atoms with E-state index in [1.165, 1.54) is 7.11 Å².